The molecule has 1 aromatic rings. The highest BCUT2D eigenvalue weighted by molar-refractivity contribution is 6.05. The molecular formula is C12H13F2NO2. The number of rotatable bonds is 2. The maximum Gasteiger partial charge on any atom is 0.261 e. The van der Waals surface area contributed by atoms with Crippen molar-refractivity contribution in [1.29, 1.82) is 0 Å². The predicted octanol–water partition coefficient (Wildman–Crippen LogP) is 2.15. The van der Waals surface area contributed by atoms with Gasteiger partial charge in [0.2, 0.25) is 0 Å². The number of hydrogen-bond acceptors (Lipinski definition) is 2. The second-order valence-electron chi connectivity index (χ2n) is 4.31. The van der Waals surface area contributed by atoms with E-state index in [9.17, 15) is 18.7 Å². The molecule has 1 aromatic carbocycles. The van der Waals surface area contributed by atoms with E-state index in [-0.39, 0.29) is 17.2 Å². The summed E-state index contributed by atoms with van der Waals surface area (Å²) in [7, 11) is 0. The molecule has 3 nitrogen and oxygen atoms in total. The highest BCUT2D eigenvalue weighted by atomic mass is 19.2. The van der Waals surface area contributed by atoms with Crippen molar-refractivity contribution in [1.82, 2.24) is 0 Å². The van der Waals surface area contributed by atoms with Gasteiger partial charge in [-0.05, 0) is 18.4 Å². The minimum atomic E-state index is -1.78. The van der Waals surface area contributed by atoms with Crippen molar-refractivity contribution in [2.24, 2.45) is 5.92 Å². The fourth-order valence-electron chi connectivity index (χ4n) is 2.11. The van der Waals surface area contributed by atoms with Crippen molar-refractivity contribution in [3.05, 3.63) is 29.3 Å². The Morgan fingerprint density at radius 1 is 1.47 bits per heavy atom. The van der Waals surface area contributed by atoms with Crippen molar-refractivity contribution in [2.45, 2.75) is 25.9 Å². The van der Waals surface area contributed by atoms with Crippen molar-refractivity contribution < 1.29 is 18.7 Å². The number of anilines is 1. The number of hydrogen-bond donors (Lipinski definition) is 2. The van der Waals surface area contributed by atoms with Crippen LogP contribution < -0.4 is 5.32 Å². The number of carbonyl (C=O) groups excluding carboxylic acids is 1. The van der Waals surface area contributed by atoms with Crippen molar-refractivity contribution >= 4 is 11.6 Å². The molecule has 0 saturated carbocycles. The molecular weight excluding hydrogens is 228 g/mol. The minimum Gasteiger partial charge on any atom is -0.375 e. The van der Waals surface area contributed by atoms with E-state index in [0.717, 1.165) is 6.07 Å². The van der Waals surface area contributed by atoms with Gasteiger partial charge in [0.05, 0.1) is 5.69 Å². The van der Waals surface area contributed by atoms with E-state index < -0.39 is 23.1 Å². The van der Waals surface area contributed by atoms with E-state index in [2.05, 4.69) is 5.32 Å². The highest BCUT2D eigenvalue weighted by Gasteiger charge is 2.50. The van der Waals surface area contributed by atoms with E-state index in [1.54, 1.807) is 6.92 Å². The molecule has 5 heteroatoms. The molecule has 0 radical (unpaired) electrons. The Kier molecular flexibility index (Phi) is 2.66. The van der Waals surface area contributed by atoms with Crippen molar-refractivity contribution in [3.63, 3.8) is 0 Å². The summed E-state index contributed by atoms with van der Waals surface area (Å²) >= 11 is 0. The molecule has 0 aromatic heterocycles. The smallest absolute Gasteiger partial charge is 0.261 e. The standard InChI is InChI=1S/C12H13F2NO2/c1-3-6(2)12(17)7-4-5-8(13)9(14)10(7)15-11(12)16/h4-6,17H,3H2,1-2H3,(H,15,16). The third-order valence-electron chi connectivity index (χ3n) is 3.42. The number of nitrogens with one attached hydrogen (secondary N) is 1. The molecule has 0 fully saturated rings. The molecule has 2 rings (SSSR count). The largest absolute Gasteiger partial charge is 0.375 e. The van der Waals surface area contributed by atoms with Gasteiger partial charge in [-0.15, -0.1) is 0 Å². The van der Waals surface area contributed by atoms with Crippen LogP contribution in [-0.2, 0) is 10.4 Å². The Bertz CT molecular complexity index is 490. The van der Waals surface area contributed by atoms with Crippen LogP contribution in [0.5, 0.6) is 0 Å². The number of fused-ring (bicyclic) bond motifs is 1. The molecule has 1 amide bonds. The lowest BCUT2D eigenvalue weighted by molar-refractivity contribution is -0.139. The Morgan fingerprint density at radius 2 is 2.12 bits per heavy atom. The molecule has 17 heavy (non-hydrogen) atoms. The van der Waals surface area contributed by atoms with E-state index >= 15 is 0 Å². The Labute approximate surface area is 97.5 Å². The average molecular weight is 241 g/mol. The van der Waals surface area contributed by atoms with Gasteiger partial charge >= 0.3 is 0 Å². The lowest BCUT2D eigenvalue weighted by atomic mass is 9.82. The van der Waals surface area contributed by atoms with Gasteiger partial charge in [-0.3, -0.25) is 4.79 Å². The summed E-state index contributed by atoms with van der Waals surface area (Å²) in [4.78, 5) is 11.8. The normalized spacial score (nSPS) is 24.4. The molecule has 0 bridgehead atoms. The zero-order valence-corrected chi connectivity index (χ0v) is 9.55. The average Bonchev–Trinajstić information content (AvgIpc) is 2.58. The van der Waals surface area contributed by atoms with Crippen LogP contribution >= 0.6 is 0 Å². The summed E-state index contributed by atoms with van der Waals surface area (Å²) in [6.07, 6.45) is 0.544. The van der Waals surface area contributed by atoms with Crippen LogP contribution in [0.3, 0.4) is 0 Å². The second-order valence-corrected chi connectivity index (χ2v) is 4.31. The number of aliphatic hydroxyl groups is 1. The summed E-state index contributed by atoms with van der Waals surface area (Å²) in [6, 6.07) is 2.17. The van der Waals surface area contributed by atoms with Crippen molar-refractivity contribution in [2.75, 3.05) is 5.32 Å². The van der Waals surface area contributed by atoms with E-state index in [0.29, 0.717) is 6.42 Å². The molecule has 0 spiro atoms. The van der Waals surface area contributed by atoms with Gasteiger partial charge in [-0.1, -0.05) is 19.9 Å². The quantitative estimate of drug-likeness (QED) is 0.833. The molecule has 2 atom stereocenters. The van der Waals surface area contributed by atoms with Gasteiger partial charge in [0, 0.05) is 5.56 Å². The first-order chi connectivity index (χ1) is 7.92. The third kappa shape index (κ3) is 1.45. The van der Waals surface area contributed by atoms with E-state index in [1.165, 1.54) is 6.07 Å². The van der Waals surface area contributed by atoms with Gasteiger partial charge in [0.1, 0.15) is 0 Å². The number of benzene rings is 1. The SMILES string of the molecule is CCC(C)C1(O)C(=O)Nc2c1ccc(F)c2F. The van der Waals surface area contributed by atoms with Crippen LogP contribution in [0.2, 0.25) is 0 Å². The molecule has 0 aliphatic carbocycles. The fraction of sp³-hybridized carbons (Fsp3) is 0.417. The topological polar surface area (TPSA) is 49.3 Å². The summed E-state index contributed by atoms with van der Waals surface area (Å²) in [5, 5.41) is 12.6. The first-order valence-corrected chi connectivity index (χ1v) is 5.45. The van der Waals surface area contributed by atoms with Gasteiger partial charge < -0.3 is 10.4 Å². The summed E-state index contributed by atoms with van der Waals surface area (Å²) in [5.41, 5.74) is -1.92. The van der Waals surface area contributed by atoms with E-state index in [1.807, 2.05) is 6.92 Å². The molecule has 92 valence electrons. The third-order valence-corrected chi connectivity index (χ3v) is 3.42. The lowest BCUT2D eigenvalue weighted by Crippen LogP contribution is -2.40. The van der Waals surface area contributed by atoms with E-state index in [4.69, 9.17) is 0 Å². The molecule has 2 N–H and O–H groups in total. The monoisotopic (exact) mass is 241 g/mol. The summed E-state index contributed by atoms with van der Waals surface area (Å²) < 4.78 is 26.5. The van der Waals surface area contributed by atoms with Crippen LogP contribution in [0.1, 0.15) is 25.8 Å². The number of amides is 1. The fourth-order valence-corrected chi connectivity index (χ4v) is 2.11. The highest BCUT2D eigenvalue weighted by Crippen LogP contribution is 2.43. The van der Waals surface area contributed by atoms with Crippen LogP contribution in [0.4, 0.5) is 14.5 Å². The predicted molar refractivity (Wildman–Crippen MR) is 58.3 cm³/mol. The summed E-state index contributed by atoms with van der Waals surface area (Å²) in [6.45, 7) is 3.50. The van der Waals surface area contributed by atoms with Crippen LogP contribution in [0.25, 0.3) is 0 Å². The summed E-state index contributed by atoms with van der Waals surface area (Å²) in [5.74, 6) is -3.26. The number of carbonyl (C=O) groups is 1. The first-order valence-electron chi connectivity index (χ1n) is 5.45. The maximum absolute atomic E-state index is 13.5. The van der Waals surface area contributed by atoms with Crippen LogP contribution in [0, 0.1) is 17.6 Å². The Morgan fingerprint density at radius 3 is 2.71 bits per heavy atom. The molecule has 1 aliphatic rings. The molecule has 2 unspecified atom stereocenters. The molecule has 0 saturated heterocycles. The van der Waals surface area contributed by atoms with Gasteiger partial charge in [0.25, 0.3) is 5.91 Å². The van der Waals surface area contributed by atoms with Crippen molar-refractivity contribution in [3.8, 4) is 0 Å². The first kappa shape index (κ1) is 12.0. The molecule has 1 heterocycles. The second kappa shape index (κ2) is 3.77. The molecule has 1 aliphatic heterocycles. The van der Waals surface area contributed by atoms with Gasteiger partial charge in [-0.2, -0.15) is 0 Å². The minimum absolute atomic E-state index is 0.107. The zero-order valence-electron chi connectivity index (χ0n) is 9.55. The van der Waals surface area contributed by atoms with Crippen LogP contribution in [0.15, 0.2) is 12.1 Å². The Balaban J connectivity index is 2.63. The van der Waals surface area contributed by atoms with Crippen LogP contribution in [-0.4, -0.2) is 11.0 Å². The van der Waals surface area contributed by atoms with Gasteiger partial charge in [0.15, 0.2) is 17.2 Å². The Hall–Kier alpha value is -1.49. The lowest BCUT2D eigenvalue weighted by Gasteiger charge is -2.27. The van der Waals surface area contributed by atoms with Gasteiger partial charge in [-0.25, -0.2) is 8.78 Å². The number of halogens is 2. The zero-order chi connectivity index (χ0) is 12.8. The maximum atomic E-state index is 13.5.